The molecule has 0 saturated carbocycles. The maximum Gasteiger partial charge on any atom is 0.237 e. The SMILES string of the molecule is CC[C@H](C)[C@@H](N)C(=O)NCc1cc(C(=O)C(CCCC(O)O)C(C)C)ccn1. The Labute approximate surface area is 167 Å². The first-order valence-corrected chi connectivity index (χ1v) is 10.1. The van der Waals surface area contributed by atoms with E-state index >= 15 is 0 Å². The second-order valence-corrected chi connectivity index (χ2v) is 7.79. The Balaban J connectivity index is 2.76. The van der Waals surface area contributed by atoms with Crippen LogP contribution in [-0.4, -0.2) is 39.2 Å². The van der Waals surface area contributed by atoms with E-state index in [2.05, 4.69) is 10.3 Å². The number of nitrogens with zero attached hydrogens (tertiary/aromatic N) is 1. The molecule has 0 spiro atoms. The minimum atomic E-state index is -1.35. The number of carbonyl (C=O) groups is 2. The van der Waals surface area contributed by atoms with Gasteiger partial charge in [-0.2, -0.15) is 0 Å². The molecule has 0 radical (unpaired) electrons. The summed E-state index contributed by atoms with van der Waals surface area (Å²) in [6.45, 7) is 8.10. The first-order chi connectivity index (χ1) is 13.2. The lowest BCUT2D eigenvalue weighted by atomic mass is 9.84. The number of hydrogen-bond acceptors (Lipinski definition) is 6. The third kappa shape index (κ3) is 7.66. The summed E-state index contributed by atoms with van der Waals surface area (Å²) in [7, 11) is 0. The van der Waals surface area contributed by atoms with Crippen LogP contribution in [0.3, 0.4) is 0 Å². The molecular weight excluding hydrogens is 358 g/mol. The van der Waals surface area contributed by atoms with Crippen LogP contribution in [0.25, 0.3) is 0 Å². The van der Waals surface area contributed by atoms with Crippen molar-refractivity contribution in [2.24, 2.45) is 23.5 Å². The fourth-order valence-corrected chi connectivity index (χ4v) is 3.04. The number of aliphatic hydroxyl groups excluding tert-OH is 1. The number of Topliss-reactive ketones (excluding diaryl/α,β-unsaturated/α-hetero) is 1. The molecule has 7 nitrogen and oxygen atoms in total. The van der Waals surface area contributed by atoms with Gasteiger partial charge >= 0.3 is 0 Å². The lowest BCUT2D eigenvalue weighted by Gasteiger charge is -2.20. The van der Waals surface area contributed by atoms with E-state index in [0.717, 1.165) is 6.42 Å². The summed E-state index contributed by atoms with van der Waals surface area (Å²) < 4.78 is 0. The molecule has 1 amide bonds. The number of aromatic nitrogens is 1. The van der Waals surface area contributed by atoms with Crippen molar-refractivity contribution in [3.8, 4) is 0 Å². The number of rotatable bonds is 12. The Morgan fingerprint density at radius 3 is 2.46 bits per heavy atom. The minimum Gasteiger partial charge on any atom is -0.368 e. The number of pyridine rings is 1. The van der Waals surface area contributed by atoms with Gasteiger partial charge in [-0.15, -0.1) is 0 Å². The van der Waals surface area contributed by atoms with Gasteiger partial charge in [0.15, 0.2) is 12.1 Å². The van der Waals surface area contributed by atoms with E-state index in [4.69, 9.17) is 15.9 Å². The van der Waals surface area contributed by atoms with Gasteiger partial charge in [0.05, 0.1) is 18.3 Å². The highest BCUT2D eigenvalue weighted by Gasteiger charge is 2.24. The lowest BCUT2D eigenvalue weighted by Crippen LogP contribution is -2.44. The zero-order valence-corrected chi connectivity index (χ0v) is 17.4. The summed E-state index contributed by atoms with van der Waals surface area (Å²) in [5.74, 6) is -0.204. The zero-order valence-electron chi connectivity index (χ0n) is 17.4. The molecule has 0 aliphatic carbocycles. The van der Waals surface area contributed by atoms with Gasteiger partial charge in [0, 0.05) is 17.7 Å². The van der Waals surface area contributed by atoms with Crippen molar-refractivity contribution in [3.05, 3.63) is 29.6 Å². The van der Waals surface area contributed by atoms with Crippen molar-refractivity contribution in [1.82, 2.24) is 10.3 Å². The van der Waals surface area contributed by atoms with Gasteiger partial charge in [-0.1, -0.05) is 34.1 Å². The summed E-state index contributed by atoms with van der Waals surface area (Å²) in [6, 6.07) is 2.81. The summed E-state index contributed by atoms with van der Waals surface area (Å²) in [5.41, 5.74) is 7.08. The lowest BCUT2D eigenvalue weighted by molar-refractivity contribution is -0.123. The maximum absolute atomic E-state index is 12.9. The normalized spacial score (nSPS) is 14.8. The van der Waals surface area contributed by atoms with Crippen LogP contribution in [0.2, 0.25) is 0 Å². The average molecular weight is 394 g/mol. The molecule has 0 aliphatic heterocycles. The average Bonchev–Trinajstić information content (AvgIpc) is 2.67. The Hall–Kier alpha value is -1.83. The van der Waals surface area contributed by atoms with E-state index in [9.17, 15) is 9.59 Å². The molecular formula is C21H35N3O4. The number of nitrogens with two attached hydrogens (primary N) is 1. The molecule has 1 aromatic heterocycles. The number of carbonyl (C=O) groups excluding carboxylic acids is 2. The monoisotopic (exact) mass is 393 g/mol. The third-order valence-corrected chi connectivity index (χ3v) is 5.22. The van der Waals surface area contributed by atoms with Gasteiger partial charge in [0.2, 0.25) is 5.91 Å². The first kappa shape index (κ1) is 24.2. The molecule has 0 aromatic carbocycles. The molecule has 1 unspecified atom stereocenters. The number of ketones is 1. The van der Waals surface area contributed by atoms with Gasteiger partial charge in [0.1, 0.15) is 0 Å². The highest BCUT2D eigenvalue weighted by atomic mass is 16.5. The van der Waals surface area contributed by atoms with Crippen LogP contribution >= 0.6 is 0 Å². The molecule has 158 valence electrons. The largest absolute Gasteiger partial charge is 0.368 e. The number of amides is 1. The number of aliphatic hydroxyl groups is 2. The summed E-state index contributed by atoms with van der Waals surface area (Å²) in [4.78, 5) is 29.3. The van der Waals surface area contributed by atoms with E-state index in [1.54, 1.807) is 18.3 Å². The molecule has 5 N–H and O–H groups in total. The van der Waals surface area contributed by atoms with Crippen LogP contribution in [0, 0.1) is 17.8 Å². The van der Waals surface area contributed by atoms with E-state index in [0.29, 0.717) is 24.1 Å². The first-order valence-electron chi connectivity index (χ1n) is 10.1. The molecule has 1 heterocycles. The highest BCUT2D eigenvalue weighted by molar-refractivity contribution is 5.98. The zero-order chi connectivity index (χ0) is 21.3. The Bertz CT molecular complexity index is 634. The van der Waals surface area contributed by atoms with Crippen molar-refractivity contribution in [2.75, 3.05) is 0 Å². The van der Waals surface area contributed by atoms with Crippen LogP contribution in [0.5, 0.6) is 0 Å². The topological polar surface area (TPSA) is 126 Å². The molecule has 1 rings (SSSR count). The van der Waals surface area contributed by atoms with Crippen LogP contribution in [0.4, 0.5) is 0 Å². The van der Waals surface area contributed by atoms with Gasteiger partial charge in [-0.25, -0.2) is 0 Å². The van der Waals surface area contributed by atoms with Crippen molar-refractivity contribution in [2.45, 2.75) is 72.3 Å². The molecule has 28 heavy (non-hydrogen) atoms. The Morgan fingerprint density at radius 1 is 1.21 bits per heavy atom. The fourth-order valence-electron chi connectivity index (χ4n) is 3.04. The molecule has 0 bridgehead atoms. The summed E-state index contributed by atoms with van der Waals surface area (Å²) >= 11 is 0. The smallest absolute Gasteiger partial charge is 0.237 e. The van der Waals surface area contributed by atoms with E-state index in [1.165, 1.54) is 0 Å². The van der Waals surface area contributed by atoms with Crippen molar-refractivity contribution in [3.63, 3.8) is 0 Å². The molecule has 0 saturated heterocycles. The van der Waals surface area contributed by atoms with Gasteiger partial charge in [-0.05, 0) is 43.2 Å². The molecule has 7 heteroatoms. The van der Waals surface area contributed by atoms with Crippen LogP contribution in [-0.2, 0) is 11.3 Å². The third-order valence-electron chi connectivity index (χ3n) is 5.22. The second-order valence-electron chi connectivity index (χ2n) is 7.79. The van der Waals surface area contributed by atoms with Gasteiger partial charge in [0.25, 0.3) is 0 Å². The van der Waals surface area contributed by atoms with E-state index in [1.807, 2.05) is 27.7 Å². The van der Waals surface area contributed by atoms with Crippen LogP contribution in [0.1, 0.15) is 69.4 Å². The van der Waals surface area contributed by atoms with Crippen molar-refractivity contribution >= 4 is 11.7 Å². The second kappa shape index (κ2) is 11.9. The fraction of sp³-hybridized carbons (Fsp3) is 0.667. The van der Waals surface area contributed by atoms with E-state index in [-0.39, 0.29) is 42.4 Å². The maximum atomic E-state index is 12.9. The Kier molecular flexibility index (Phi) is 10.3. The van der Waals surface area contributed by atoms with Gasteiger partial charge < -0.3 is 21.3 Å². The summed E-state index contributed by atoms with van der Waals surface area (Å²) in [6.07, 6.45) is 2.44. The molecule has 0 aliphatic rings. The minimum absolute atomic E-state index is 0.00807. The summed E-state index contributed by atoms with van der Waals surface area (Å²) in [5, 5.41) is 20.8. The highest BCUT2D eigenvalue weighted by Crippen LogP contribution is 2.23. The van der Waals surface area contributed by atoms with Gasteiger partial charge in [-0.3, -0.25) is 14.6 Å². The van der Waals surface area contributed by atoms with Crippen LogP contribution in [0.15, 0.2) is 18.3 Å². The molecule has 3 atom stereocenters. The Morgan fingerprint density at radius 2 is 1.89 bits per heavy atom. The van der Waals surface area contributed by atoms with Crippen LogP contribution < -0.4 is 11.1 Å². The number of hydrogen-bond donors (Lipinski definition) is 4. The molecule has 0 fully saturated rings. The van der Waals surface area contributed by atoms with Crippen molar-refractivity contribution in [1.29, 1.82) is 0 Å². The van der Waals surface area contributed by atoms with E-state index < -0.39 is 12.3 Å². The number of nitrogens with one attached hydrogen (secondary N) is 1. The quantitative estimate of drug-likeness (QED) is 0.318. The van der Waals surface area contributed by atoms with Crippen molar-refractivity contribution < 1.29 is 19.8 Å². The predicted octanol–water partition coefficient (Wildman–Crippen LogP) is 2.01. The predicted molar refractivity (Wildman–Crippen MR) is 108 cm³/mol. The molecule has 1 aromatic rings. The standard InChI is InChI=1S/C21H35N3O4/c1-5-14(4)19(22)21(28)24-12-16-11-15(9-10-23-16)20(27)17(13(2)3)7-6-8-18(25)26/h9-11,13-14,17-19,25-26H,5-8,12,22H2,1-4H3,(H,24,28)/t14-,17?,19+/m0/s1.